The van der Waals surface area contributed by atoms with E-state index in [1.54, 1.807) is 0 Å². The van der Waals surface area contributed by atoms with Gasteiger partial charge in [-0.2, -0.15) is 0 Å². The van der Waals surface area contributed by atoms with Gasteiger partial charge in [0.25, 0.3) is 0 Å². The lowest BCUT2D eigenvalue weighted by atomic mass is 9.40. The Morgan fingerprint density at radius 2 is 1.79 bits per heavy atom. The summed E-state index contributed by atoms with van der Waals surface area (Å²) in [4.78, 5) is 12.6. The van der Waals surface area contributed by atoms with Crippen LogP contribution in [-0.2, 0) is 4.79 Å². The van der Waals surface area contributed by atoms with Gasteiger partial charge in [0.1, 0.15) is 0 Å². The van der Waals surface area contributed by atoms with Gasteiger partial charge in [-0.25, -0.2) is 0 Å². The number of hydrogen-bond donors (Lipinski definition) is 4. The molecule has 5 aliphatic rings. The predicted molar refractivity (Wildman–Crippen MR) is 126 cm³/mol. The highest BCUT2D eigenvalue weighted by atomic mass is 16.4. The molecule has 33 heavy (non-hydrogen) atoms. The minimum absolute atomic E-state index is 0.105. The number of aliphatic carboxylic acids is 1. The van der Waals surface area contributed by atoms with Crippen LogP contribution >= 0.6 is 0 Å². The van der Waals surface area contributed by atoms with E-state index in [0.29, 0.717) is 42.4 Å². The Morgan fingerprint density at radius 1 is 1.09 bits per heavy atom. The van der Waals surface area contributed by atoms with Crippen LogP contribution in [-0.4, -0.2) is 45.2 Å². The summed E-state index contributed by atoms with van der Waals surface area (Å²) in [6, 6.07) is 0. The van der Waals surface area contributed by atoms with Gasteiger partial charge in [-0.1, -0.05) is 39.3 Å². The number of allylic oxidation sites excluding steroid dienone is 2. The smallest absolute Gasteiger partial charge is 0.310 e. The lowest BCUT2D eigenvalue weighted by molar-refractivity contribution is -0.219. The van der Waals surface area contributed by atoms with E-state index in [1.165, 1.54) is 5.57 Å². The summed E-state index contributed by atoms with van der Waals surface area (Å²) in [5.74, 6) is 1.39. The van der Waals surface area contributed by atoms with Crippen LogP contribution in [0.25, 0.3) is 0 Å². The van der Waals surface area contributed by atoms with E-state index < -0.39 is 29.0 Å². The van der Waals surface area contributed by atoms with Gasteiger partial charge in [-0.05, 0) is 92.3 Å². The first-order valence-electron chi connectivity index (χ1n) is 13.4. The molecule has 0 spiro atoms. The molecule has 0 saturated heterocycles. The van der Waals surface area contributed by atoms with Crippen molar-refractivity contribution in [2.75, 3.05) is 6.61 Å². The molecule has 5 heteroatoms. The number of carbonyl (C=O) groups is 1. The van der Waals surface area contributed by atoms with Gasteiger partial charge in [0.2, 0.25) is 0 Å². The Morgan fingerprint density at radius 3 is 2.45 bits per heavy atom. The molecule has 0 aromatic rings. The summed E-state index contributed by atoms with van der Waals surface area (Å²) in [5.41, 5.74) is -0.0438. The molecule has 0 unspecified atom stereocenters. The molecule has 4 N–H and O–H groups in total. The molecular formula is C28H44O5. The second-order valence-corrected chi connectivity index (χ2v) is 13.2. The highest BCUT2D eigenvalue weighted by molar-refractivity contribution is 5.76. The van der Waals surface area contributed by atoms with Gasteiger partial charge in [0, 0.05) is 11.3 Å². The number of rotatable bonds is 2. The molecule has 0 radical (unpaired) electrons. The van der Waals surface area contributed by atoms with Gasteiger partial charge < -0.3 is 20.4 Å². The predicted octanol–water partition coefficient (Wildman–Crippen LogP) is 4.25. The number of aliphatic hydroxyl groups excluding tert-OH is 3. The maximum absolute atomic E-state index is 12.6. The Kier molecular flexibility index (Phi) is 5.63. The molecule has 4 fully saturated rings. The van der Waals surface area contributed by atoms with Crippen molar-refractivity contribution in [1.82, 2.24) is 0 Å². The number of carboxylic acid groups (broad SMARTS) is 1. The van der Waals surface area contributed by atoms with Crippen LogP contribution in [0.1, 0.15) is 79.1 Å². The van der Waals surface area contributed by atoms with Gasteiger partial charge >= 0.3 is 5.97 Å². The van der Waals surface area contributed by atoms with Crippen molar-refractivity contribution < 1.29 is 25.2 Å². The van der Waals surface area contributed by atoms with Crippen LogP contribution in [0.15, 0.2) is 11.6 Å². The van der Waals surface area contributed by atoms with E-state index in [1.807, 2.05) is 6.92 Å². The van der Waals surface area contributed by atoms with Gasteiger partial charge in [-0.3, -0.25) is 4.79 Å². The van der Waals surface area contributed by atoms with Crippen molar-refractivity contribution in [3.8, 4) is 0 Å². The van der Waals surface area contributed by atoms with E-state index >= 15 is 0 Å². The molecular weight excluding hydrogens is 416 g/mol. The summed E-state index contributed by atoms with van der Waals surface area (Å²) in [6.45, 7) is 8.70. The van der Waals surface area contributed by atoms with Gasteiger partial charge in [0.15, 0.2) is 0 Å². The average Bonchev–Trinajstić information content (AvgIpc) is 2.78. The van der Waals surface area contributed by atoms with Crippen LogP contribution in [0.3, 0.4) is 0 Å². The zero-order valence-electron chi connectivity index (χ0n) is 20.8. The van der Waals surface area contributed by atoms with Gasteiger partial charge in [-0.15, -0.1) is 0 Å². The molecule has 186 valence electrons. The van der Waals surface area contributed by atoms with Crippen molar-refractivity contribution in [2.45, 2.75) is 91.3 Å². The van der Waals surface area contributed by atoms with E-state index in [0.717, 1.165) is 38.5 Å². The first kappa shape index (κ1) is 23.8. The maximum atomic E-state index is 12.6. The molecule has 0 heterocycles. The molecule has 0 aromatic heterocycles. The summed E-state index contributed by atoms with van der Waals surface area (Å²) in [6.07, 6.45) is 7.90. The lowest BCUT2D eigenvalue weighted by Crippen LogP contribution is -2.65. The topological polar surface area (TPSA) is 98.0 Å². The van der Waals surface area contributed by atoms with E-state index in [2.05, 4.69) is 26.8 Å². The number of hydrogen-bond acceptors (Lipinski definition) is 4. The van der Waals surface area contributed by atoms with Crippen molar-refractivity contribution in [1.29, 1.82) is 0 Å². The third-order valence-corrected chi connectivity index (χ3v) is 12.0. The molecule has 0 aliphatic heterocycles. The monoisotopic (exact) mass is 460 g/mol. The van der Waals surface area contributed by atoms with E-state index in [4.69, 9.17) is 0 Å². The average molecular weight is 461 g/mol. The van der Waals surface area contributed by atoms with Crippen LogP contribution in [0.5, 0.6) is 0 Å². The van der Waals surface area contributed by atoms with Crippen molar-refractivity contribution >= 4 is 5.97 Å². The standard InChI is InChI=1S/C28H44O5/c1-15-7-11-28(25(32)33)12-8-17-18(23(28)16(15)2)5-6-20-19(17)13-21(30)24-26(20,3)10-9-22(31)27(24,4)14-29/h5,15-17,19-24,29-31H,6-14H2,1-4H3,(H,32,33)/t15-,16+,17-,19+,20+,21-,22+,23+,24-,26-,27-,28+/m1/s1. The Hall–Kier alpha value is -0.910. The molecule has 12 atom stereocenters. The number of carboxylic acids is 1. The molecule has 4 saturated carbocycles. The summed E-state index contributed by atoms with van der Waals surface area (Å²) in [7, 11) is 0. The van der Waals surface area contributed by atoms with Crippen molar-refractivity contribution in [3.63, 3.8) is 0 Å². The summed E-state index contributed by atoms with van der Waals surface area (Å²) in [5, 5.41) is 43.0. The molecule has 5 rings (SSSR count). The third-order valence-electron chi connectivity index (χ3n) is 12.0. The highest BCUT2D eigenvalue weighted by Gasteiger charge is 2.65. The SMILES string of the molecule is C[C@H]1[C@H](C)CC[C@]2(C(=O)O)CC[C@@H]3C(=CC[C@H]4[C@H]3C[C@@H](O)[C@H]3[C@](C)(CO)[C@@H](O)CC[C@@]34C)[C@H]12. The third kappa shape index (κ3) is 3.04. The van der Waals surface area contributed by atoms with Crippen LogP contribution in [0.4, 0.5) is 0 Å². The van der Waals surface area contributed by atoms with E-state index in [9.17, 15) is 25.2 Å². The second-order valence-electron chi connectivity index (χ2n) is 13.2. The highest BCUT2D eigenvalue weighted by Crippen LogP contribution is 2.68. The summed E-state index contributed by atoms with van der Waals surface area (Å²) >= 11 is 0. The summed E-state index contributed by atoms with van der Waals surface area (Å²) < 4.78 is 0. The van der Waals surface area contributed by atoms with Crippen LogP contribution in [0.2, 0.25) is 0 Å². The van der Waals surface area contributed by atoms with Crippen molar-refractivity contribution in [3.05, 3.63) is 11.6 Å². The minimum atomic E-state index is -0.681. The second kappa shape index (κ2) is 7.80. The van der Waals surface area contributed by atoms with Crippen LogP contribution in [0, 0.1) is 57.7 Å². The Labute approximate surface area is 198 Å². The molecule has 0 bridgehead atoms. The zero-order valence-corrected chi connectivity index (χ0v) is 20.8. The first-order chi connectivity index (χ1) is 15.5. The quantitative estimate of drug-likeness (QED) is 0.462. The lowest BCUT2D eigenvalue weighted by Gasteiger charge is -2.65. The fourth-order valence-electron chi connectivity index (χ4n) is 10.1. The molecule has 5 aliphatic carbocycles. The zero-order chi connectivity index (χ0) is 23.9. The normalized spacial score (nSPS) is 56.0. The van der Waals surface area contributed by atoms with Gasteiger partial charge in [0.05, 0.1) is 24.2 Å². The van der Waals surface area contributed by atoms with Crippen molar-refractivity contribution in [2.24, 2.45) is 57.7 Å². The molecule has 5 nitrogen and oxygen atoms in total. The molecule has 0 aromatic carbocycles. The Bertz CT molecular complexity index is 838. The first-order valence-corrected chi connectivity index (χ1v) is 13.4. The fraction of sp³-hybridized carbons (Fsp3) is 0.893. The number of aliphatic hydroxyl groups is 3. The minimum Gasteiger partial charge on any atom is -0.481 e. The van der Waals surface area contributed by atoms with Crippen LogP contribution < -0.4 is 0 Å². The fourth-order valence-corrected chi connectivity index (χ4v) is 10.1. The molecule has 0 amide bonds. The number of fused-ring (bicyclic) bond motifs is 7. The Balaban J connectivity index is 1.55. The maximum Gasteiger partial charge on any atom is 0.310 e. The van der Waals surface area contributed by atoms with E-state index in [-0.39, 0.29) is 23.9 Å². The largest absolute Gasteiger partial charge is 0.481 e.